The number of halogens is 1. The van der Waals surface area contributed by atoms with Crippen molar-refractivity contribution in [3.8, 4) is 11.5 Å². The maximum absolute atomic E-state index is 12.1. The minimum Gasteiger partial charge on any atom is -0.493 e. The molecular formula is C18H18BrN3O4. The molecule has 136 valence electrons. The van der Waals surface area contributed by atoms with Crippen LogP contribution in [-0.4, -0.2) is 32.2 Å². The molecule has 0 aromatic heterocycles. The Hall–Kier alpha value is -2.87. The molecule has 2 amide bonds. The van der Waals surface area contributed by atoms with Crippen LogP contribution in [0.5, 0.6) is 11.5 Å². The Morgan fingerprint density at radius 2 is 1.81 bits per heavy atom. The molecule has 0 aliphatic rings. The highest BCUT2D eigenvalue weighted by atomic mass is 79.9. The highest BCUT2D eigenvalue weighted by Gasteiger charge is 2.10. The molecule has 26 heavy (non-hydrogen) atoms. The van der Waals surface area contributed by atoms with E-state index < -0.39 is 0 Å². The number of carbonyl (C=O) groups is 2. The summed E-state index contributed by atoms with van der Waals surface area (Å²) in [6, 6.07) is 10.0. The van der Waals surface area contributed by atoms with Crippen LogP contribution in [0.4, 0.5) is 5.69 Å². The van der Waals surface area contributed by atoms with Gasteiger partial charge in [0.15, 0.2) is 11.5 Å². The van der Waals surface area contributed by atoms with Gasteiger partial charge in [-0.15, -0.1) is 0 Å². The summed E-state index contributed by atoms with van der Waals surface area (Å²) in [5.41, 5.74) is 4.21. The van der Waals surface area contributed by atoms with E-state index in [0.717, 1.165) is 5.56 Å². The number of rotatable bonds is 6. The van der Waals surface area contributed by atoms with Crippen LogP contribution in [0.3, 0.4) is 0 Å². The summed E-state index contributed by atoms with van der Waals surface area (Å²) < 4.78 is 11.2. The number of nitrogens with zero attached hydrogens (tertiary/aromatic N) is 1. The molecule has 0 aliphatic carbocycles. The predicted octanol–water partition coefficient (Wildman–Crippen LogP) is 3.19. The first-order valence-electron chi connectivity index (χ1n) is 7.57. The summed E-state index contributed by atoms with van der Waals surface area (Å²) in [4.78, 5) is 23.1. The molecule has 7 nitrogen and oxygen atoms in total. The zero-order valence-electron chi connectivity index (χ0n) is 14.5. The lowest BCUT2D eigenvalue weighted by Crippen LogP contribution is -2.17. The SMILES string of the molecule is COc1cc(C=NNC(=O)c2ccc(NC(C)=O)cc2)cc(Br)c1OC. The summed E-state index contributed by atoms with van der Waals surface area (Å²) in [6.45, 7) is 1.42. The van der Waals surface area contributed by atoms with E-state index in [2.05, 4.69) is 31.8 Å². The number of amides is 2. The van der Waals surface area contributed by atoms with E-state index in [1.807, 2.05) is 0 Å². The number of hydrazone groups is 1. The maximum Gasteiger partial charge on any atom is 0.271 e. The smallest absolute Gasteiger partial charge is 0.271 e. The second-order valence-electron chi connectivity index (χ2n) is 5.20. The molecule has 8 heteroatoms. The van der Waals surface area contributed by atoms with Crippen molar-refractivity contribution >= 4 is 39.6 Å². The quantitative estimate of drug-likeness (QED) is 0.555. The van der Waals surface area contributed by atoms with Crippen LogP contribution in [0.15, 0.2) is 46.0 Å². The summed E-state index contributed by atoms with van der Waals surface area (Å²) >= 11 is 3.40. The van der Waals surface area contributed by atoms with Crippen molar-refractivity contribution in [3.63, 3.8) is 0 Å². The molecular weight excluding hydrogens is 402 g/mol. The van der Waals surface area contributed by atoms with E-state index in [9.17, 15) is 9.59 Å². The van der Waals surface area contributed by atoms with Crippen molar-refractivity contribution < 1.29 is 19.1 Å². The topological polar surface area (TPSA) is 89.0 Å². The third kappa shape index (κ3) is 5.06. The highest BCUT2D eigenvalue weighted by molar-refractivity contribution is 9.10. The van der Waals surface area contributed by atoms with E-state index in [1.165, 1.54) is 20.2 Å². The fraction of sp³-hybridized carbons (Fsp3) is 0.167. The van der Waals surface area contributed by atoms with Gasteiger partial charge in [0.25, 0.3) is 5.91 Å². The molecule has 0 bridgehead atoms. The fourth-order valence-electron chi connectivity index (χ4n) is 2.15. The Morgan fingerprint density at radius 1 is 1.12 bits per heavy atom. The van der Waals surface area contributed by atoms with Crippen LogP contribution in [0.25, 0.3) is 0 Å². The average molecular weight is 420 g/mol. The first-order valence-corrected chi connectivity index (χ1v) is 8.36. The summed E-state index contributed by atoms with van der Waals surface area (Å²) in [5.74, 6) is 0.583. The minimum absolute atomic E-state index is 0.173. The number of hydrogen-bond donors (Lipinski definition) is 2. The zero-order chi connectivity index (χ0) is 19.1. The number of ether oxygens (including phenoxy) is 2. The van der Waals surface area contributed by atoms with Crippen LogP contribution in [-0.2, 0) is 4.79 Å². The molecule has 2 aromatic carbocycles. The Bertz CT molecular complexity index is 835. The van der Waals surface area contributed by atoms with Gasteiger partial charge in [0.1, 0.15) is 0 Å². The molecule has 0 unspecified atom stereocenters. The first-order chi connectivity index (χ1) is 12.4. The lowest BCUT2D eigenvalue weighted by Gasteiger charge is -2.10. The normalized spacial score (nSPS) is 10.5. The fourth-order valence-corrected chi connectivity index (χ4v) is 2.77. The average Bonchev–Trinajstić information content (AvgIpc) is 2.61. The standard InChI is InChI=1S/C18H18BrN3O4/c1-11(23)21-14-6-4-13(5-7-14)18(24)22-20-10-12-8-15(19)17(26-3)16(9-12)25-2/h4-10H,1-3H3,(H,21,23)(H,22,24). The third-order valence-corrected chi connectivity index (χ3v) is 3.89. The van der Waals surface area contributed by atoms with Gasteiger partial charge < -0.3 is 14.8 Å². The van der Waals surface area contributed by atoms with Crippen LogP contribution >= 0.6 is 15.9 Å². The van der Waals surface area contributed by atoms with Crippen molar-refractivity contribution in [2.45, 2.75) is 6.92 Å². The Kier molecular flexibility index (Phi) is 6.74. The van der Waals surface area contributed by atoms with Crippen LogP contribution in [0, 0.1) is 0 Å². The van der Waals surface area contributed by atoms with E-state index in [0.29, 0.717) is 27.2 Å². The predicted molar refractivity (Wildman–Crippen MR) is 103 cm³/mol. The summed E-state index contributed by atoms with van der Waals surface area (Å²) in [5, 5.41) is 6.58. The third-order valence-electron chi connectivity index (χ3n) is 3.30. The van der Waals surface area contributed by atoms with Crippen molar-refractivity contribution in [2.75, 3.05) is 19.5 Å². The van der Waals surface area contributed by atoms with Gasteiger partial charge in [0.2, 0.25) is 5.91 Å². The van der Waals surface area contributed by atoms with Crippen molar-refractivity contribution in [1.29, 1.82) is 0 Å². The van der Waals surface area contributed by atoms with E-state index in [-0.39, 0.29) is 11.8 Å². The lowest BCUT2D eigenvalue weighted by atomic mass is 10.2. The van der Waals surface area contributed by atoms with E-state index in [4.69, 9.17) is 9.47 Å². The van der Waals surface area contributed by atoms with Gasteiger partial charge in [0, 0.05) is 18.2 Å². The van der Waals surface area contributed by atoms with E-state index in [1.54, 1.807) is 43.5 Å². The largest absolute Gasteiger partial charge is 0.493 e. The molecule has 0 heterocycles. The van der Waals surface area contributed by atoms with Crippen LogP contribution in [0.2, 0.25) is 0 Å². The zero-order valence-corrected chi connectivity index (χ0v) is 16.1. The van der Waals surface area contributed by atoms with Gasteiger partial charge in [-0.2, -0.15) is 5.10 Å². The molecule has 2 N–H and O–H groups in total. The Labute approximate surface area is 159 Å². The van der Waals surface area contributed by atoms with Gasteiger partial charge in [-0.05, 0) is 57.9 Å². The minimum atomic E-state index is -0.366. The second kappa shape index (κ2) is 9.00. The molecule has 0 radical (unpaired) electrons. The van der Waals surface area contributed by atoms with Gasteiger partial charge in [0.05, 0.1) is 24.9 Å². The lowest BCUT2D eigenvalue weighted by molar-refractivity contribution is -0.114. The molecule has 0 saturated carbocycles. The molecule has 2 aromatic rings. The molecule has 0 fully saturated rings. The van der Waals surface area contributed by atoms with Crippen LogP contribution < -0.4 is 20.2 Å². The monoisotopic (exact) mass is 419 g/mol. The maximum atomic E-state index is 12.1. The number of benzene rings is 2. The Morgan fingerprint density at radius 3 is 2.38 bits per heavy atom. The summed E-state index contributed by atoms with van der Waals surface area (Å²) in [7, 11) is 3.09. The number of hydrogen-bond acceptors (Lipinski definition) is 5. The van der Waals surface area contributed by atoms with Crippen LogP contribution in [0.1, 0.15) is 22.8 Å². The number of carbonyl (C=O) groups excluding carboxylic acids is 2. The first kappa shape index (κ1) is 19.5. The van der Waals surface area contributed by atoms with Gasteiger partial charge in [-0.1, -0.05) is 0 Å². The second-order valence-corrected chi connectivity index (χ2v) is 6.05. The molecule has 0 saturated heterocycles. The molecule has 0 spiro atoms. The number of nitrogens with one attached hydrogen (secondary N) is 2. The van der Waals surface area contributed by atoms with Crippen molar-refractivity contribution in [2.24, 2.45) is 5.10 Å². The van der Waals surface area contributed by atoms with Crippen molar-refractivity contribution in [1.82, 2.24) is 5.43 Å². The van der Waals surface area contributed by atoms with E-state index >= 15 is 0 Å². The number of anilines is 1. The molecule has 0 atom stereocenters. The highest BCUT2D eigenvalue weighted by Crippen LogP contribution is 2.35. The molecule has 2 rings (SSSR count). The van der Waals surface area contributed by atoms with Gasteiger partial charge in [-0.3, -0.25) is 9.59 Å². The summed E-state index contributed by atoms with van der Waals surface area (Å²) in [6.07, 6.45) is 1.50. The van der Waals surface area contributed by atoms with Gasteiger partial charge >= 0.3 is 0 Å². The van der Waals surface area contributed by atoms with Gasteiger partial charge in [-0.25, -0.2) is 5.43 Å². The molecule has 0 aliphatic heterocycles. The van der Waals surface area contributed by atoms with Crippen molar-refractivity contribution in [3.05, 3.63) is 52.0 Å². The Balaban J connectivity index is 2.05. The number of methoxy groups -OCH3 is 2.